The maximum atomic E-state index is 10.4. The number of aromatic hydroxyl groups is 1. The van der Waals surface area contributed by atoms with Crippen molar-refractivity contribution in [2.24, 2.45) is 74.9 Å². The number of aliphatic hydroxyl groups excluding tert-OH is 4. The van der Waals surface area contributed by atoms with E-state index >= 15 is 0 Å². The maximum absolute atomic E-state index is 10.4. The van der Waals surface area contributed by atoms with E-state index in [-0.39, 0.29) is 25.0 Å². The van der Waals surface area contributed by atoms with Crippen LogP contribution in [0.3, 0.4) is 0 Å². The second kappa shape index (κ2) is 25.3. The third-order valence-corrected chi connectivity index (χ3v) is 25.8. The SMILES string of the molecule is C.CCCCCCCC[C@H]1CCC2C3=C(CC[C@@]21C)C1CC[C@H](O)CC1=CC3.CCCCCCCC[C@H]1CCC2C3CC=C4C[C@@H](O)CC[C@]4(C)C3CC[C@@]21C.C[C@]12CCC3c4ccc(O)cc4CCC3C1C[C@@H](O)[C@@H]2O. The number of hydrogen-bond acceptors (Lipinski definition) is 5. The fourth-order valence-electron chi connectivity index (χ4n) is 21.2. The highest BCUT2D eigenvalue weighted by Crippen LogP contribution is 2.68. The van der Waals surface area contributed by atoms with Gasteiger partial charge in [-0.2, -0.15) is 0 Å². The molecule has 5 nitrogen and oxygen atoms in total. The molecule has 1 aromatic carbocycles. The molecular weight excluding hydrogens is 945 g/mol. The number of fused-ring (bicyclic) bond motifs is 14. The highest BCUT2D eigenvalue weighted by Gasteiger charge is 2.60. The molecule has 0 heterocycles. The molecule has 5 heteroatoms. The average Bonchev–Trinajstić information content (AvgIpc) is 4.05. The standard InChI is InChI=1S/C27H46O.C26H42O.C18H24O3.CH4/c1-4-5-6-7-8-9-10-20-12-14-24-23-13-11-21-19-22(28)15-17-27(21,3)25(23)16-18-26(20,24)2;1-3-4-5-6-7-8-9-20-11-15-25-24-13-10-19-18-21(27)12-14-22(19)23(24)16-17-26(20,25)2;1-18-7-6-13-12-5-3-11(19)8-10(12)2-4-14(13)15(18)9-16(20)17(18)21;/h11,20,22-25,28H,4-10,12-19H2,1-3H3;10,20-22,25,27H,3-9,11-18H2,1-2H3;3,5,8,13-17,19-21H,2,4,6-7,9H2,1H3;1H4/t20-,22-,23?,24?,25?,26+,27-;20-,21-,22?,25?,26+;13?,14?,15?,16-,17+,18+;/m001./s1. The van der Waals surface area contributed by atoms with Gasteiger partial charge in [-0.1, -0.05) is 167 Å². The van der Waals surface area contributed by atoms with Crippen LogP contribution >= 0.6 is 0 Å². The van der Waals surface area contributed by atoms with Crippen LogP contribution in [0.5, 0.6) is 5.75 Å². The first-order valence-electron chi connectivity index (χ1n) is 33.3. The van der Waals surface area contributed by atoms with Crippen LogP contribution < -0.4 is 0 Å². The summed E-state index contributed by atoms with van der Waals surface area (Å²) in [5, 5.41) is 50.5. The van der Waals surface area contributed by atoms with E-state index in [1.165, 1.54) is 178 Å². The molecule has 0 bridgehead atoms. The van der Waals surface area contributed by atoms with E-state index in [2.05, 4.69) is 59.8 Å². The summed E-state index contributed by atoms with van der Waals surface area (Å²) in [5.41, 5.74) is 11.1. The van der Waals surface area contributed by atoms with Crippen molar-refractivity contribution in [1.29, 1.82) is 0 Å². The number of allylic oxidation sites excluding steroid dienone is 4. The predicted molar refractivity (Wildman–Crippen MR) is 321 cm³/mol. The molecule has 11 aliphatic carbocycles. The van der Waals surface area contributed by atoms with Crippen molar-refractivity contribution in [3.05, 3.63) is 63.8 Å². The molecule has 0 aliphatic heterocycles. The van der Waals surface area contributed by atoms with E-state index in [4.69, 9.17) is 0 Å². The lowest BCUT2D eigenvalue weighted by atomic mass is 9.47. The summed E-state index contributed by atoms with van der Waals surface area (Å²) in [6.45, 7) is 14.7. The second-order valence-corrected chi connectivity index (χ2v) is 29.5. The minimum atomic E-state index is -0.565. The first-order valence-corrected chi connectivity index (χ1v) is 33.3. The molecule has 0 saturated heterocycles. The summed E-state index contributed by atoms with van der Waals surface area (Å²) in [6, 6.07) is 5.80. The summed E-state index contributed by atoms with van der Waals surface area (Å²) in [4.78, 5) is 0. The fourth-order valence-corrected chi connectivity index (χ4v) is 21.2. The van der Waals surface area contributed by atoms with Crippen molar-refractivity contribution in [2.75, 3.05) is 0 Å². The Bertz CT molecular complexity index is 2210. The Labute approximate surface area is 471 Å². The first kappa shape index (κ1) is 59.7. The summed E-state index contributed by atoms with van der Waals surface area (Å²) >= 11 is 0. The Balaban J connectivity index is 0.000000141. The van der Waals surface area contributed by atoms with Gasteiger partial charge in [0.2, 0.25) is 0 Å². The van der Waals surface area contributed by atoms with Crippen LogP contribution in [0.2, 0.25) is 0 Å². The van der Waals surface area contributed by atoms with Crippen LogP contribution in [0.1, 0.15) is 284 Å². The fraction of sp³-hybridized carbons (Fsp3) is 0.833. The second-order valence-electron chi connectivity index (χ2n) is 29.5. The minimum Gasteiger partial charge on any atom is -0.508 e. The maximum Gasteiger partial charge on any atom is 0.115 e. The molecule has 1 aromatic rings. The largest absolute Gasteiger partial charge is 0.508 e. The number of hydrogen-bond donors (Lipinski definition) is 5. The normalized spacial score (nSPS) is 42.1. The van der Waals surface area contributed by atoms with Gasteiger partial charge in [0.05, 0.1) is 24.4 Å². The lowest BCUT2D eigenvalue weighted by Crippen LogP contribution is -2.50. The third-order valence-electron chi connectivity index (χ3n) is 25.8. The molecule has 0 amide bonds. The molecule has 11 aliphatic rings. The quantitative estimate of drug-likeness (QED) is 0.0944. The van der Waals surface area contributed by atoms with E-state index in [0.29, 0.717) is 45.7 Å². The molecule has 0 spiro atoms. The van der Waals surface area contributed by atoms with Gasteiger partial charge in [0.15, 0.2) is 0 Å². The number of rotatable bonds is 14. The van der Waals surface area contributed by atoms with E-state index in [1.54, 1.807) is 17.2 Å². The molecule has 0 radical (unpaired) electrons. The van der Waals surface area contributed by atoms with Gasteiger partial charge in [0.25, 0.3) is 0 Å². The van der Waals surface area contributed by atoms with Gasteiger partial charge >= 0.3 is 0 Å². The van der Waals surface area contributed by atoms with Crippen LogP contribution in [0.4, 0.5) is 0 Å². The van der Waals surface area contributed by atoms with Crippen molar-refractivity contribution in [3.63, 3.8) is 0 Å². The minimum absolute atomic E-state index is 0. The number of benzene rings is 1. The van der Waals surface area contributed by atoms with Gasteiger partial charge in [-0.05, 0) is 246 Å². The van der Waals surface area contributed by atoms with E-state index in [9.17, 15) is 25.5 Å². The number of aliphatic hydroxyl groups is 4. The van der Waals surface area contributed by atoms with E-state index < -0.39 is 12.2 Å². The van der Waals surface area contributed by atoms with Gasteiger partial charge in [0, 0.05) is 5.92 Å². The third kappa shape index (κ3) is 11.7. The molecule has 18 atom stereocenters. The lowest BCUT2D eigenvalue weighted by Gasteiger charge is -2.58. The summed E-state index contributed by atoms with van der Waals surface area (Å²) < 4.78 is 0. The molecule has 12 rings (SSSR count). The first-order chi connectivity index (χ1) is 36.6. The van der Waals surface area contributed by atoms with Crippen molar-refractivity contribution < 1.29 is 25.5 Å². The topological polar surface area (TPSA) is 101 Å². The summed E-state index contributed by atoms with van der Waals surface area (Å²) in [6.07, 6.45) is 49.6. The molecule has 5 N–H and O–H groups in total. The van der Waals surface area contributed by atoms with E-state index in [1.807, 2.05) is 17.2 Å². The highest BCUT2D eigenvalue weighted by molar-refractivity contribution is 5.41. The molecule has 8 unspecified atom stereocenters. The Hall–Kier alpha value is -1.92. The van der Waals surface area contributed by atoms with Crippen molar-refractivity contribution in [1.82, 2.24) is 0 Å². The predicted octanol–water partition coefficient (Wildman–Crippen LogP) is 18.2. The Kier molecular flexibility index (Phi) is 19.6. The van der Waals surface area contributed by atoms with Gasteiger partial charge in [0.1, 0.15) is 5.75 Å². The van der Waals surface area contributed by atoms with Crippen LogP contribution in [-0.2, 0) is 6.42 Å². The smallest absolute Gasteiger partial charge is 0.115 e. The monoisotopic (exact) mass is 1060 g/mol. The van der Waals surface area contributed by atoms with Gasteiger partial charge in [-0.25, -0.2) is 0 Å². The van der Waals surface area contributed by atoms with Gasteiger partial charge in [-0.3, -0.25) is 0 Å². The van der Waals surface area contributed by atoms with Crippen molar-refractivity contribution >= 4 is 0 Å². The summed E-state index contributed by atoms with van der Waals surface area (Å²) in [5.74, 6) is 8.22. The molecular formula is C72H116O5. The summed E-state index contributed by atoms with van der Waals surface area (Å²) in [7, 11) is 0. The molecule has 7 fully saturated rings. The molecule has 77 heavy (non-hydrogen) atoms. The lowest BCUT2D eigenvalue weighted by molar-refractivity contribution is -0.0508. The highest BCUT2D eigenvalue weighted by atomic mass is 16.3. The molecule has 7 saturated carbocycles. The molecule has 434 valence electrons. The van der Waals surface area contributed by atoms with Gasteiger partial charge in [-0.15, -0.1) is 0 Å². The van der Waals surface area contributed by atoms with E-state index in [0.717, 1.165) is 93.3 Å². The van der Waals surface area contributed by atoms with Crippen LogP contribution in [0.25, 0.3) is 0 Å². The van der Waals surface area contributed by atoms with Crippen molar-refractivity contribution in [3.8, 4) is 5.75 Å². The van der Waals surface area contributed by atoms with Crippen LogP contribution in [0.15, 0.2) is 52.6 Å². The number of aryl methyl sites for hydroxylation is 1. The Morgan fingerprint density at radius 2 is 1.23 bits per heavy atom. The Morgan fingerprint density at radius 3 is 1.97 bits per heavy atom. The Morgan fingerprint density at radius 1 is 0.558 bits per heavy atom. The number of phenols is 1. The zero-order valence-electron chi connectivity index (χ0n) is 49.5. The van der Waals surface area contributed by atoms with Crippen molar-refractivity contribution in [2.45, 2.75) is 304 Å². The van der Waals surface area contributed by atoms with Crippen LogP contribution in [-0.4, -0.2) is 49.9 Å². The molecule has 0 aromatic heterocycles. The average molecular weight is 1060 g/mol. The number of unbranched alkanes of at least 4 members (excludes halogenated alkanes) is 10. The zero-order chi connectivity index (χ0) is 53.4. The number of phenolic OH excluding ortho intramolecular Hbond substituents is 1. The van der Waals surface area contributed by atoms with Crippen LogP contribution in [0, 0.1) is 74.9 Å². The zero-order valence-corrected chi connectivity index (χ0v) is 49.5. The van der Waals surface area contributed by atoms with Gasteiger partial charge < -0.3 is 25.5 Å².